The van der Waals surface area contributed by atoms with Gasteiger partial charge in [-0.25, -0.2) is 0 Å². The van der Waals surface area contributed by atoms with Gasteiger partial charge in [-0.2, -0.15) is 0 Å². The molecule has 0 aromatic rings. The average molecular weight is 180 g/mol. The molecule has 1 spiro atoms. The van der Waals surface area contributed by atoms with E-state index in [-0.39, 0.29) is 0 Å². The van der Waals surface area contributed by atoms with Crippen LogP contribution in [0.2, 0.25) is 0 Å². The van der Waals surface area contributed by atoms with Crippen molar-refractivity contribution in [3.63, 3.8) is 0 Å². The predicted octanol–water partition coefficient (Wildman–Crippen LogP) is 1.39. The van der Waals surface area contributed by atoms with Gasteiger partial charge in [0.05, 0.1) is 0 Å². The minimum atomic E-state index is -1.07. The maximum Gasteiger partial charge on any atom is 0.641 e. The highest BCUT2D eigenvalue weighted by atomic mass is 16.9. The summed E-state index contributed by atoms with van der Waals surface area (Å²) < 4.78 is 10.5. The van der Waals surface area contributed by atoms with E-state index in [9.17, 15) is 0 Å². The SMILES string of the molecule is CC1=C(C)C2(OB(O)O2)C(C)=C1C. The first-order chi connectivity index (χ1) is 5.99. The first-order valence-electron chi connectivity index (χ1n) is 4.39. The van der Waals surface area contributed by atoms with Gasteiger partial charge in [0.25, 0.3) is 0 Å². The monoisotopic (exact) mass is 180 g/mol. The lowest BCUT2D eigenvalue weighted by atomic mass is 9.95. The molecule has 0 bridgehead atoms. The molecule has 0 unspecified atom stereocenters. The summed E-state index contributed by atoms with van der Waals surface area (Å²) in [7, 11) is -1.07. The minimum Gasteiger partial charge on any atom is -0.401 e. The van der Waals surface area contributed by atoms with E-state index >= 15 is 0 Å². The van der Waals surface area contributed by atoms with Gasteiger partial charge in [0.15, 0.2) is 5.79 Å². The van der Waals surface area contributed by atoms with Crippen LogP contribution in [-0.4, -0.2) is 18.1 Å². The second-order valence-electron chi connectivity index (χ2n) is 3.66. The summed E-state index contributed by atoms with van der Waals surface area (Å²) in [5, 5.41) is 8.99. The summed E-state index contributed by atoms with van der Waals surface area (Å²) in [5.74, 6) is -0.742. The van der Waals surface area contributed by atoms with Crippen LogP contribution in [-0.2, 0) is 9.31 Å². The zero-order valence-corrected chi connectivity index (χ0v) is 8.34. The molecule has 1 aliphatic carbocycles. The molecule has 1 heterocycles. The highest BCUT2D eigenvalue weighted by Gasteiger charge is 2.56. The van der Waals surface area contributed by atoms with E-state index < -0.39 is 13.1 Å². The van der Waals surface area contributed by atoms with Crippen LogP contribution in [0.4, 0.5) is 0 Å². The Bertz CT molecular complexity index is 298. The Morgan fingerprint density at radius 3 is 1.69 bits per heavy atom. The fourth-order valence-electron chi connectivity index (χ4n) is 1.98. The van der Waals surface area contributed by atoms with Gasteiger partial charge < -0.3 is 14.3 Å². The summed E-state index contributed by atoms with van der Waals surface area (Å²) in [4.78, 5) is 0. The second-order valence-corrected chi connectivity index (χ2v) is 3.66. The second kappa shape index (κ2) is 2.47. The van der Waals surface area contributed by atoms with Crippen LogP contribution in [0.5, 0.6) is 0 Å². The quantitative estimate of drug-likeness (QED) is 0.572. The molecule has 0 amide bonds. The average Bonchev–Trinajstić information content (AvgIpc) is 2.19. The first kappa shape index (κ1) is 9.00. The Hall–Kier alpha value is -0.575. The van der Waals surface area contributed by atoms with Crippen LogP contribution >= 0.6 is 0 Å². The van der Waals surface area contributed by atoms with E-state index in [0.29, 0.717) is 0 Å². The Balaban J connectivity index is 2.43. The predicted molar refractivity (Wildman–Crippen MR) is 49.6 cm³/mol. The van der Waals surface area contributed by atoms with Crippen LogP contribution in [0, 0.1) is 0 Å². The zero-order chi connectivity index (χ0) is 9.80. The lowest BCUT2D eigenvalue weighted by Crippen LogP contribution is -2.57. The van der Waals surface area contributed by atoms with Crippen molar-refractivity contribution < 1.29 is 14.3 Å². The Morgan fingerprint density at radius 2 is 1.38 bits per heavy atom. The first-order valence-corrected chi connectivity index (χ1v) is 4.39. The van der Waals surface area contributed by atoms with Gasteiger partial charge >= 0.3 is 7.32 Å². The molecule has 1 aliphatic heterocycles. The Morgan fingerprint density at radius 1 is 1.00 bits per heavy atom. The van der Waals surface area contributed by atoms with Gasteiger partial charge in [0, 0.05) is 0 Å². The minimum absolute atomic E-state index is 0.742. The molecule has 4 heteroatoms. The van der Waals surface area contributed by atoms with Crippen LogP contribution in [0.15, 0.2) is 22.3 Å². The third-order valence-electron chi connectivity index (χ3n) is 3.21. The normalized spacial score (nSPS) is 26.1. The smallest absolute Gasteiger partial charge is 0.401 e. The topological polar surface area (TPSA) is 38.7 Å². The summed E-state index contributed by atoms with van der Waals surface area (Å²) in [6, 6.07) is 0. The number of allylic oxidation sites excluding steroid dienone is 2. The summed E-state index contributed by atoms with van der Waals surface area (Å²) in [6.07, 6.45) is 0. The molecule has 0 radical (unpaired) electrons. The van der Waals surface area contributed by atoms with Gasteiger partial charge in [0.1, 0.15) is 0 Å². The van der Waals surface area contributed by atoms with Crippen molar-refractivity contribution in [3.8, 4) is 0 Å². The third kappa shape index (κ3) is 0.908. The molecule has 13 heavy (non-hydrogen) atoms. The van der Waals surface area contributed by atoms with Crippen molar-refractivity contribution in [1.82, 2.24) is 0 Å². The number of hydrogen-bond acceptors (Lipinski definition) is 3. The lowest BCUT2D eigenvalue weighted by Gasteiger charge is -2.43. The Kier molecular flexibility index (Phi) is 1.71. The number of rotatable bonds is 0. The number of hydrogen-bond donors (Lipinski definition) is 1. The third-order valence-corrected chi connectivity index (χ3v) is 3.21. The van der Waals surface area contributed by atoms with E-state index in [1.165, 1.54) is 11.1 Å². The molecule has 0 aromatic heterocycles. The summed E-state index contributed by atoms with van der Waals surface area (Å²) in [6.45, 7) is 8.03. The van der Waals surface area contributed by atoms with Crippen molar-refractivity contribution in [2.45, 2.75) is 33.5 Å². The highest BCUT2D eigenvalue weighted by molar-refractivity contribution is 6.37. The fraction of sp³-hybridized carbons (Fsp3) is 0.556. The standard InChI is InChI=1S/C9H13BO3/c1-5-6(2)8(4)9(7(5)3)12-10(11)13-9/h11H,1-4H3. The molecular formula is C9H13BO3. The largest absolute Gasteiger partial charge is 0.641 e. The molecule has 1 fully saturated rings. The Labute approximate surface area is 78.2 Å². The molecule has 2 rings (SSSR count). The molecular weight excluding hydrogens is 167 g/mol. The molecule has 3 nitrogen and oxygen atoms in total. The van der Waals surface area contributed by atoms with Gasteiger partial charge in [-0.1, -0.05) is 0 Å². The van der Waals surface area contributed by atoms with Crippen molar-refractivity contribution >= 4 is 7.32 Å². The maximum absolute atomic E-state index is 8.99. The van der Waals surface area contributed by atoms with Gasteiger partial charge in [-0.15, -0.1) is 0 Å². The fourth-order valence-corrected chi connectivity index (χ4v) is 1.98. The van der Waals surface area contributed by atoms with Crippen LogP contribution in [0.25, 0.3) is 0 Å². The van der Waals surface area contributed by atoms with Crippen molar-refractivity contribution in [3.05, 3.63) is 22.3 Å². The maximum atomic E-state index is 8.99. The highest BCUT2D eigenvalue weighted by Crippen LogP contribution is 2.48. The van der Waals surface area contributed by atoms with Gasteiger partial charge in [0.2, 0.25) is 0 Å². The lowest BCUT2D eigenvalue weighted by molar-refractivity contribution is -0.187. The van der Waals surface area contributed by atoms with E-state index in [2.05, 4.69) is 0 Å². The molecule has 0 aromatic carbocycles. The molecule has 1 saturated heterocycles. The van der Waals surface area contributed by atoms with Crippen molar-refractivity contribution in [2.75, 3.05) is 0 Å². The molecule has 2 aliphatic rings. The van der Waals surface area contributed by atoms with Gasteiger partial charge in [-0.05, 0) is 50.0 Å². The van der Waals surface area contributed by atoms with E-state index in [1.807, 2.05) is 27.7 Å². The molecule has 70 valence electrons. The van der Waals surface area contributed by atoms with Gasteiger partial charge in [-0.3, -0.25) is 0 Å². The van der Waals surface area contributed by atoms with Crippen LogP contribution < -0.4 is 0 Å². The summed E-state index contributed by atoms with van der Waals surface area (Å²) in [5.41, 5.74) is 4.49. The van der Waals surface area contributed by atoms with E-state index in [1.54, 1.807) is 0 Å². The summed E-state index contributed by atoms with van der Waals surface area (Å²) >= 11 is 0. The van der Waals surface area contributed by atoms with E-state index in [0.717, 1.165) is 11.1 Å². The zero-order valence-electron chi connectivity index (χ0n) is 8.34. The molecule has 0 atom stereocenters. The van der Waals surface area contributed by atoms with Crippen molar-refractivity contribution in [1.29, 1.82) is 0 Å². The van der Waals surface area contributed by atoms with Crippen molar-refractivity contribution in [2.24, 2.45) is 0 Å². The van der Waals surface area contributed by atoms with E-state index in [4.69, 9.17) is 14.3 Å². The van der Waals surface area contributed by atoms with Crippen LogP contribution in [0.3, 0.4) is 0 Å². The molecule has 1 N–H and O–H groups in total. The van der Waals surface area contributed by atoms with Crippen LogP contribution in [0.1, 0.15) is 27.7 Å². The molecule has 0 saturated carbocycles.